The summed E-state index contributed by atoms with van der Waals surface area (Å²) in [7, 11) is 0. The largest absolute Gasteiger partial charge is 0.322 e. The molecule has 1 heterocycles. The van der Waals surface area contributed by atoms with E-state index >= 15 is 0 Å². The minimum atomic E-state index is -0.431. The van der Waals surface area contributed by atoms with Gasteiger partial charge in [0.25, 0.3) is 0 Å². The van der Waals surface area contributed by atoms with Crippen LogP contribution < -0.4 is 5.32 Å². The number of halogens is 1. The van der Waals surface area contributed by atoms with Crippen molar-refractivity contribution in [2.24, 2.45) is 0 Å². The van der Waals surface area contributed by atoms with Crippen molar-refractivity contribution in [1.29, 1.82) is 0 Å². The van der Waals surface area contributed by atoms with Gasteiger partial charge in [0.1, 0.15) is 12.1 Å². The Morgan fingerprint density at radius 1 is 1.18 bits per heavy atom. The molecule has 0 bridgehead atoms. The van der Waals surface area contributed by atoms with Crippen LogP contribution >= 0.6 is 0 Å². The average molecular weight is 293 g/mol. The molecule has 2 aromatic carbocycles. The lowest BCUT2D eigenvalue weighted by atomic mass is 10.0. The van der Waals surface area contributed by atoms with E-state index in [0.29, 0.717) is 11.3 Å². The molecule has 0 spiro atoms. The van der Waals surface area contributed by atoms with Gasteiger partial charge in [0.05, 0.1) is 5.52 Å². The Labute approximate surface area is 126 Å². The molecule has 5 heteroatoms. The van der Waals surface area contributed by atoms with Gasteiger partial charge in [-0.15, -0.1) is 0 Å². The van der Waals surface area contributed by atoms with E-state index in [1.807, 2.05) is 18.2 Å². The molecule has 0 aliphatic heterocycles. The second kappa shape index (κ2) is 5.73. The van der Waals surface area contributed by atoms with Gasteiger partial charge in [0.2, 0.25) is 5.91 Å². The van der Waals surface area contributed by atoms with Gasteiger partial charge in [-0.2, -0.15) is 0 Å². The van der Waals surface area contributed by atoms with Crippen LogP contribution in [0.4, 0.5) is 10.1 Å². The third-order valence-corrected chi connectivity index (χ3v) is 3.19. The number of amides is 1. The van der Waals surface area contributed by atoms with Gasteiger partial charge in [-0.05, 0) is 41.5 Å². The second-order valence-electron chi connectivity index (χ2n) is 4.72. The van der Waals surface area contributed by atoms with Crippen LogP contribution in [0.1, 0.15) is 0 Å². The molecule has 0 aliphatic rings. The predicted octanol–water partition coefficient (Wildman–Crippen LogP) is 3.56. The number of hydrogen-bond acceptors (Lipinski definition) is 3. The van der Waals surface area contributed by atoms with Gasteiger partial charge in [0.15, 0.2) is 0 Å². The van der Waals surface area contributed by atoms with Crippen molar-refractivity contribution in [2.75, 3.05) is 5.32 Å². The molecule has 0 unspecified atom stereocenters. The maximum atomic E-state index is 13.8. The minimum absolute atomic E-state index is 0.377. The predicted molar refractivity (Wildman–Crippen MR) is 83.8 cm³/mol. The number of benzene rings is 2. The van der Waals surface area contributed by atoms with E-state index in [9.17, 15) is 9.18 Å². The maximum Gasteiger partial charge on any atom is 0.247 e. The summed E-state index contributed by atoms with van der Waals surface area (Å²) in [6.45, 7) is 3.37. The van der Waals surface area contributed by atoms with Crippen LogP contribution in [0.2, 0.25) is 0 Å². The van der Waals surface area contributed by atoms with Gasteiger partial charge >= 0.3 is 0 Å². The highest BCUT2D eigenvalue weighted by molar-refractivity contribution is 5.99. The van der Waals surface area contributed by atoms with E-state index in [2.05, 4.69) is 21.9 Å². The standard InChI is InChI=1S/C17H12FN3O/c1-2-17(22)21-15-6-13(5-14(18)8-15)11-3-4-12-9-19-10-20-16(12)7-11/h2-10H,1H2,(H,21,22). The number of anilines is 1. The summed E-state index contributed by atoms with van der Waals surface area (Å²) in [4.78, 5) is 19.5. The summed E-state index contributed by atoms with van der Waals surface area (Å²) in [5, 5.41) is 3.46. The summed E-state index contributed by atoms with van der Waals surface area (Å²) in [6, 6.07) is 9.95. The Hall–Kier alpha value is -3.08. The molecule has 0 atom stereocenters. The first-order chi connectivity index (χ1) is 10.7. The molecule has 0 saturated heterocycles. The van der Waals surface area contributed by atoms with E-state index < -0.39 is 5.82 Å². The van der Waals surface area contributed by atoms with E-state index in [-0.39, 0.29) is 5.91 Å². The smallest absolute Gasteiger partial charge is 0.247 e. The highest BCUT2D eigenvalue weighted by Crippen LogP contribution is 2.26. The molecule has 22 heavy (non-hydrogen) atoms. The Bertz CT molecular complexity index is 877. The molecule has 0 aliphatic carbocycles. The molecular formula is C17H12FN3O. The number of hydrogen-bond donors (Lipinski definition) is 1. The van der Waals surface area contributed by atoms with E-state index in [1.54, 1.807) is 12.3 Å². The lowest BCUT2D eigenvalue weighted by molar-refractivity contribution is -0.111. The number of carbonyl (C=O) groups is 1. The summed E-state index contributed by atoms with van der Waals surface area (Å²) in [6.07, 6.45) is 4.32. The summed E-state index contributed by atoms with van der Waals surface area (Å²) in [5.74, 6) is -0.817. The first-order valence-electron chi connectivity index (χ1n) is 6.60. The minimum Gasteiger partial charge on any atom is -0.322 e. The third-order valence-electron chi connectivity index (χ3n) is 3.19. The zero-order valence-electron chi connectivity index (χ0n) is 11.6. The van der Waals surface area contributed by atoms with Crippen molar-refractivity contribution in [3.05, 3.63) is 67.4 Å². The van der Waals surface area contributed by atoms with Gasteiger partial charge < -0.3 is 5.32 Å². The average Bonchev–Trinajstić information content (AvgIpc) is 2.53. The second-order valence-corrected chi connectivity index (χ2v) is 4.72. The molecular weight excluding hydrogens is 281 g/mol. The molecule has 3 aromatic rings. The van der Waals surface area contributed by atoms with Gasteiger partial charge in [-0.3, -0.25) is 4.79 Å². The number of rotatable bonds is 3. The van der Waals surface area contributed by atoms with E-state index in [0.717, 1.165) is 22.5 Å². The van der Waals surface area contributed by atoms with Crippen LogP contribution in [-0.4, -0.2) is 15.9 Å². The fourth-order valence-electron chi connectivity index (χ4n) is 2.18. The van der Waals surface area contributed by atoms with Crippen molar-refractivity contribution >= 4 is 22.5 Å². The molecule has 0 saturated carbocycles. The van der Waals surface area contributed by atoms with Crippen LogP contribution in [0, 0.1) is 5.82 Å². The van der Waals surface area contributed by atoms with Crippen molar-refractivity contribution in [3.63, 3.8) is 0 Å². The molecule has 1 aromatic heterocycles. The summed E-state index contributed by atoms with van der Waals surface area (Å²) in [5.41, 5.74) is 2.61. The zero-order valence-corrected chi connectivity index (χ0v) is 11.6. The highest BCUT2D eigenvalue weighted by Gasteiger charge is 2.06. The van der Waals surface area contributed by atoms with Crippen molar-refractivity contribution in [2.45, 2.75) is 0 Å². The molecule has 0 fully saturated rings. The van der Waals surface area contributed by atoms with Crippen LogP contribution in [0.5, 0.6) is 0 Å². The fraction of sp³-hybridized carbons (Fsp3) is 0. The van der Waals surface area contributed by atoms with Crippen molar-refractivity contribution in [1.82, 2.24) is 9.97 Å². The molecule has 4 nitrogen and oxygen atoms in total. The third kappa shape index (κ3) is 2.83. The quantitative estimate of drug-likeness (QED) is 0.751. The number of aromatic nitrogens is 2. The van der Waals surface area contributed by atoms with E-state index in [1.165, 1.54) is 18.5 Å². The first kappa shape index (κ1) is 13.9. The monoisotopic (exact) mass is 293 g/mol. The number of carbonyl (C=O) groups excluding carboxylic acids is 1. The van der Waals surface area contributed by atoms with Gasteiger partial charge in [-0.1, -0.05) is 18.7 Å². The summed E-state index contributed by atoms with van der Waals surface area (Å²) < 4.78 is 13.8. The number of fused-ring (bicyclic) bond motifs is 1. The maximum absolute atomic E-state index is 13.8. The SMILES string of the molecule is C=CC(=O)Nc1cc(F)cc(-c2ccc3cncnc3c2)c1. The fourth-order valence-corrected chi connectivity index (χ4v) is 2.18. The Balaban J connectivity index is 2.05. The van der Waals surface area contributed by atoms with Gasteiger partial charge in [-0.25, -0.2) is 14.4 Å². The van der Waals surface area contributed by atoms with Crippen LogP contribution in [-0.2, 0) is 4.79 Å². The van der Waals surface area contributed by atoms with Gasteiger partial charge in [0, 0.05) is 17.3 Å². The van der Waals surface area contributed by atoms with Crippen LogP contribution in [0.15, 0.2) is 61.6 Å². The van der Waals surface area contributed by atoms with E-state index in [4.69, 9.17) is 0 Å². The van der Waals surface area contributed by atoms with Crippen molar-refractivity contribution < 1.29 is 9.18 Å². The summed E-state index contributed by atoms with van der Waals surface area (Å²) >= 11 is 0. The Morgan fingerprint density at radius 2 is 2.05 bits per heavy atom. The Morgan fingerprint density at radius 3 is 2.86 bits per heavy atom. The lowest BCUT2D eigenvalue weighted by Gasteiger charge is -2.08. The molecule has 3 rings (SSSR count). The highest BCUT2D eigenvalue weighted by atomic mass is 19.1. The normalized spacial score (nSPS) is 10.4. The van der Waals surface area contributed by atoms with Crippen molar-refractivity contribution in [3.8, 4) is 11.1 Å². The molecule has 1 N–H and O–H groups in total. The molecule has 1 amide bonds. The topological polar surface area (TPSA) is 54.9 Å². The first-order valence-corrected chi connectivity index (χ1v) is 6.60. The van der Waals surface area contributed by atoms with Crippen LogP contribution in [0.25, 0.3) is 22.0 Å². The number of nitrogens with zero attached hydrogens (tertiary/aromatic N) is 2. The van der Waals surface area contributed by atoms with Crippen LogP contribution in [0.3, 0.4) is 0 Å². The molecule has 0 radical (unpaired) electrons. The zero-order chi connectivity index (χ0) is 15.5. The molecule has 108 valence electrons. The Kier molecular flexibility index (Phi) is 3.62. The lowest BCUT2D eigenvalue weighted by Crippen LogP contribution is -2.07. The number of nitrogens with one attached hydrogen (secondary N) is 1.